The smallest absolute Gasteiger partial charge is 0.183 e. The number of amidine groups is 1. The largest absolute Gasteiger partial charge is 0.361 e. The lowest BCUT2D eigenvalue weighted by Gasteiger charge is -2.07. The summed E-state index contributed by atoms with van der Waals surface area (Å²) >= 11 is 3.48. The molecule has 30 heavy (non-hydrogen) atoms. The van der Waals surface area contributed by atoms with Crippen LogP contribution in [0.5, 0.6) is 0 Å². The summed E-state index contributed by atoms with van der Waals surface area (Å²) in [7, 11) is 0. The summed E-state index contributed by atoms with van der Waals surface area (Å²) in [6.07, 6.45) is 0.960. The summed E-state index contributed by atoms with van der Waals surface area (Å²) in [6.45, 7) is 0.869. The van der Waals surface area contributed by atoms with Crippen LogP contribution in [0.4, 0.5) is 10.8 Å². The van der Waals surface area contributed by atoms with E-state index in [1.165, 1.54) is 15.8 Å². The molecule has 0 radical (unpaired) electrons. The fourth-order valence-corrected chi connectivity index (χ4v) is 5.29. The molecule has 4 nitrogen and oxygen atoms in total. The van der Waals surface area contributed by atoms with Gasteiger partial charge in [-0.15, -0.1) is 0 Å². The minimum Gasteiger partial charge on any atom is -0.361 e. The number of aliphatic imine (C=N–C) groups is 1. The number of hydrogen-bond acceptors (Lipinski definition) is 6. The van der Waals surface area contributed by atoms with Gasteiger partial charge in [0.25, 0.3) is 0 Å². The molecule has 4 aromatic rings. The zero-order chi connectivity index (χ0) is 20.2. The molecule has 1 aliphatic heterocycles. The van der Waals surface area contributed by atoms with Crippen LogP contribution < -0.4 is 10.6 Å². The van der Waals surface area contributed by atoms with E-state index in [0.29, 0.717) is 0 Å². The molecule has 0 saturated carbocycles. The first-order chi connectivity index (χ1) is 14.8. The van der Waals surface area contributed by atoms with Crippen LogP contribution in [0.25, 0.3) is 10.2 Å². The van der Waals surface area contributed by atoms with Crippen molar-refractivity contribution in [2.75, 3.05) is 22.9 Å². The molecule has 0 unspecified atom stereocenters. The Kier molecular flexibility index (Phi) is 5.68. The maximum atomic E-state index is 4.83. The highest BCUT2D eigenvalue weighted by molar-refractivity contribution is 8.14. The quantitative estimate of drug-likeness (QED) is 0.382. The van der Waals surface area contributed by atoms with Crippen molar-refractivity contribution >= 4 is 49.3 Å². The van der Waals surface area contributed by atoms with E-state index in [1.807, 2.05) is 12.1 Å². The highest BCUT2D eigenvalue weighted by Crippen LogP contribution is 2.31. The van der Waals surface area contributed by atoms with Crippen LogP contribution in [0, 0.1) is 0 Å². The number of rotatable bonds is 6. The Morgan fingerprint density at radius 3 is 2.53 bits per heavy atom. The Morgan fingerprint density at radius 1 is 0.900 bits per heavy atom. The number of aromatic nitrogens is 1. The van der Waals surface area contributed by atoms with Gasteiger partial charge in [0.1, 0.15) is 0 Å². The van der Waals surface area contributed by atoms with Crippen molar-refractivity contribution < 1.29 is 0 Å². The average Bonchev–Trinajstić information content (AvgIpc) is 3.42. The molecule has 0 aliphatic carbocycles. The number of benzene rings is 3. The average molecular weight is 431 g/mol. The molecule has 2 N–H and O–H groups in total. The molecule has 1 aliphatic rings. The second-order valence-electron chi connectivity index (χ2n) is 7.16. The molecule has 0 saturated heterocycles. The van der Waals surface area contributed by atoms with E-state index >= 15 is 0 Å². The Bertz CT molecular complexity index is 1120. The van der Waals surface area contributed by atoms with Crippen LogP contribution in [0.1, 0.15) is 17.2 Å². The monoisotopic (exact) mass is 430 g/mol. The summed E-state index contributed by atoms with van der Waals surface area (Å²) in [4.78, 5) is 9.46. The van der Waals surface area contributed by atoms with E-state index < -0.39 is 0 Å². The van der Waals surface area contributed by atoms with Gasteiger partial charge in [-0.25, -0.2) is 4.98 Å². The molecular formula is C24H22N4S2. The highest BCUT2D eigenvalue weighted by atomic mass is 32.2. The first-order valence-electron chi connectivity index (χ1n) is 10.0. The second-order valence-corrected chi connectivity index (χ2v) is 9.20. The summed E-state index contributed by atoms with van der Waals surface area (Å²) < 4.78 is 1.22. The van der Waals surface area contributed by atoms with Gasteiger partial charge >= 0.3 is 0 Å². The molecule has 0 bridgehead atoms. The fraction of sp³-hybridized carbons (Fsp3) is 0.167. The zero-order valence-corrected chi connectivity index (χ0v) is 18.0. The molecule has 150 valence electrons. The van der Waals surface area contributed by atoms with Crippen molar-refractivity contribution in [2.24, 2.45) is 4.99 Å². The van der Waals surface area contributed by atoms with Gasteiger partial charge in [-0.3, -0.25) is 4.99 Å². The molecule has 5 rings (SSSR count). The Hall–Kier alpha value is -2.83. The highest BCUT2D eigenvalue weighted by Gasteiger charge is 2.19. The lowest BCUT2D eigenvalue weighted by atomic mass is 10.1. The molecule has 1 aromatic heterocycles. The van der Waals surface area contributed by atoms with Crippen LogP contribution in [-0.4, -0.2) is 22.4 Å². The molecule has 3 aromatic carbocycles. The lowest BCUT2D eigenvalue weighted by molar-refractivity contribution is 0.849. The van der Waals surface area contributed by atoms with Crippen molar-refractivity contribution in [2.45, 2.75) is 12.5 Å². The number of hydrogen-bond donors (Lipinski definition) is 2. The first kappa shape index (κ1) is 19.2. The van der Waals surface area contributed by atoms with E-state index in [1.54, 1.807) is 23.1 Å². The number of thioether (sulfide) groups is 1. The van der Waals surface area contributed by atoms with Crippen LogP contribution >= 0.6 is 23.1 Å². The normalized spacial score (nSPS) is 15.9. The lowest BCUT2D eigenvalue weighted by Crippen LogP contribution is -2.06. The van der Waals surface area contributed by atoms with E-state index in [4.69, 9.17) is 4.99 Å². The van der Waals surface area contributed by atoms with Crippen LogP contribution in [0.3, 0.4) is 0 Å². The third-order valence-electron chi connectivity index (χ3n) is 5.02. The molecular weight excluding hydrogens is 408 g/mol. The van der Waals surface area contributed by atoms with Gasteiger partial charge in [0.05, 0.1) is 16.3 Å². The molecule has 0 amide bonds. The summed E-state index contributed by atoms with van der Waals surface area (Å²) in [5.74, 6) is 0.988. The van der Waals surface area contributed by atoms with E-state index in [-0.39, 0.29) is 6.04 Å². The van der Waals surface area contributed by atoms with Crippen molar-refractivity contribution in [1.29, 1.82) is 0 Å². The molecule has 0 fully saturated rings. The van der Waals surface area contributed by atoms with Gasteiger partial charge in [-0.1, -0.05) is 77.7 Å². The van der Waals surface area contributed by atoms with Gasteiger partial charge < -0.3 is 10.6 Å². The number of anilines is 2. The number of nitrogens with one attached hydrogen (secondary N) is 2. The minimum atomic E-state index is 0.242. The van der Waals surface area contributed by atoms with Gasteiger partial charge in [0, 0.05) is 18.0 Å². The second kappa shape index (κ2) is 8.90. The molecule has 6 heteroatoms. The Morgan fingerprint density at radius 2 is 1.70 bits per heavy atom. The SMILES string of the molecule is c1ccc([C@H]2CSC(Nc3ccc(CCNc4nc5ccccc5s4)cc3)=N2)cc1. The standard InChI is InChI=1S/C24H22N4S2/c1-2-6-18(7-3-1)21-16-29-24(28-21)26-19-12-10-17(11-13-19)14-15-25-23-27-20-8-4-5-9-22(20)30-23/h1-13,21H,14-16H2,(H,25,27)(H,26,28)/t21-/m1/s1. The van der Waals surface area contributed by atoms with E-state index in [2.05, 4.69) is 82.3 Å². The van der Waals surface area contributed by atoms with Gasteiger partial charge in [0.2, 0.25) is 0 Å². The van der Waals surface area contributed by atoms with Gasteiger partial charge in [-0.05, 0) is 41.8 Å². The Labute approximate surface area is 184 Å². The fourth-order valence-electron chi connectivity index (χ4n) is 3.43. The predicted octanol–water partition coefficient (Wildman–Crippen LogP) is 6.21. The Balaban J connectivity index is 1.14. The number of nitrogens with zero attached hydrogens (tertiary/aromatic N) is 2. The summed E-state index contributed by atoms with van der Waals surface area (Å²) in [5, 5.41) is 8.88. The van der Waals surface area contributed by atoms with Gasteiger partial charge in [0.15, 0.2) is 10.3 Å². The van der Waals surface area contributed by atoms with Crippen molar-refractivity contribution in [3.8, 4) is 0 Å². The maximum absolute atomic E-state index is 4.83. The van der Waals surface area contributed by atoms with Crippen molar-refractivity contribution in [3.63, 3.8) is 0 Å². The summed E-state index contributed by atoms with van der Waals surface area (Å²) in [5.41, 5.74) is 4.72. The van der Waals surface area contributed by atoms with Crippen LogP contribution in [-0.2, 0) is 6.42 Å². The number of para-hydroxylation sites is 1. The van der Waals surface area contributed by atoms with E-state index in [0.717, 1.165) is 40.2 Å². The molecule has 1 atom stereocenters. The van der Waals surface area contributed by atoms with E-state index in [9.17, 15) is 0 Å². The maximum Gasteiger partial charge on any atom is 0.183 e. The van der Waals surface area contributed by atoms with Crippen molar-refractivity contribution in [1.82, 2.24) is 4.98 Å². The third-order valence-corrected chi connectivity index (χ3v) is 6.98. The van der Waals surface area contributed by atoms with Gasteiger partial charge in [-0.2, -0.15) is 0 Å². The third kappa shape index (κ3) is 4.50. The van der Waals surface area contributed by atoms with Crippen LogP contribution in [0.2, 0.25) is 0 Å². The predicted molar refractivity (Wildman–Crippen MR) is 131 cm³/mol. The number of fused-ring (bicyclic) bond motifs is 1. The van der Waals surface area contributed by atoms with Crippen LogP contribution in [0.15, 0.2) is 83.9 Å². The zero-order valence-electron chi connectivity index (χ0n) is 16.4. The number of thiazole rings is 1. The molecule has 2 heterocycles. The molecule has 0 spiro atoms. The summed E-state index contributed by atoms with van der Waals surface area (Å²) in [6, 6.07) is 27.6. The first-order valence-corrected chi connectivity index (χ1v) is 11.8. The minimum absolute atomic E-state index is 0.242. The van der Waals surface area contributed by atoms with Crippen molar-refractivity contribution in [3.05, 3.63) is 90.0 Å². The topological polar surface area (TPSA) is 49.3 Å².